The van der Waals surface area contributed by atoms with Crippen molar-refractivity contribution in [2.45, 2.75) is 71.8 Å². The molecule has 0 aliphatic heterocycles. The van der Waals surface area contributed by atoms with Crippen LogP contribution in [0.4, 0.5) is 0 Å². The van der Waals surface area contributed by atoms with Gasteiger partial charge in [-0.05, 0) is 64.5 Å². The first-order valence-corrected chi connectivity index (χ1v) is 8.54. The molecule has 0 fully saturated rings. The van der Waals surface area contributed by atoms with E-state index in [0.29, 0.717) is 6.04 Å². The van der Waals surface area contributed by atoms with Crippen LogP contribution in [0.1, 0.15) is 62.4 Å². The second-order valence-electron chi connectivity index (χ2n) is 6.36. The monoisotopic (exact) mass is 289 g/mol. The summed E-state index contributed by atoms with van der Waals surface area (Å²) >= 11 is 0. The lowest BCUT2D eigenvalue weighted by Crippen LogP contribution is -2.34. The predicted octanol–water partition coefficient (Wildman–Crippen LogP) is 3.84. The van der Waals surface area contributed by atoms with E-state index in [1.54, 1.807) is 5.57 Å². The molecule has 1 atom stereocenters. The number of rotatable bonds is 6. The van der Waals surface area contributed by atoms with Gasteiger partial charge < -0.3 is 5.32 Å². The highest BCUT2D eigenvalue weighted by atomic mass is 15.3. The summed E-state index contributed by atoms with van der Waals surface area (Å²) in [5, 5.41) is 8.35. The van der Waals surface area contributed by atoms with Gasteiger partial charge in [-0.2, -0.15) is 5.10 Å². The molecule has 0 bridgehead atoms. The normalized spacial score (nSPS) is 17.4. The quantitative estimate of drug-likeness (QED) is 0.806. The van der Waals surface area contributed by atoms with Crippen molar-refractivity contribution >= 4 is 0 Å². The van der Waals surface area contributed by atoms with Gasteiger partial charge in [-0.15, -0.1) is 0 Å². The lowest BCUT2D eigenvalue weighted by atomic mass is 9.94. The molecule has 1 aromatic rings. The van der Waals surface area contributed by atoms with E-state index in [4.69, 9.17) is 0 Å². The standard InChI is InChI=1S/C18H31N3/c1-5-12-19-18(16-10-8-6-7-9-11-16)13-17-14(2)20-21(4)15(17)3/h10,18-19H,5-9,11-13H2,1-4H3. The Morgan fingerprint density at radius 2 is 2.10 bits per heavy atom. The Kier molecular flexibility index (Phi) is 6.04. The number of nitrogens with zero attached hydrogens (tertiary/aromatic N) is 2. The minimum absolute atomic E-state index is 0.490. The minimum atomic E-state index is 0.490. The zero-order valence-electron chi connectivity index (χ0n) is 14.2. The number of hydrogen-bond acceptors (Lipinski definition) is 2. The first kappa shape index (κ1) is 16.3. The molecular formula is C18H31N3. The Bertz CT molecular complexity index is 485. The second kappa shape index (κ2) is 7.79. The van der Waals surface area contributed by atoms with E-state index in [2.05, 4.69) is 37.3 Å². The van der Waals surface area contributed by atoms with Crippen LogP contribution in [0.15, 0.2) is 11.6 Å². The summed E-state index contributed by atoms with van der Waals surface area (Å²) in [6.07, 6.45) is 11.4. The van der Waals surface area contributed by atoms with E-state index in [0.717, 1.165) is 13.0 Å². The van der Waals surface area contributed by atoms with Crippen molar-refractivity contribution < 1.29 is 0 Å². The molecule has 118 valence electrons. The summed E-state index contributed by atoms with van der Waals surface area (Å²) in [5.74, 6) is 0. The maximum absolute atomic E-state index is 4.58. The number of aromatic nitrogens is 2. The maximum Gasteiger partial charge on any atom is 0.0629 e. The Labute approximate surface area is 129 Å². The van der Waals surface area contributed by atoms with Crippen molar-refractivity contribution in [3.05, 3.63) is 28.6 Å². The second-order valence-corrected chi connectivity index (χ2v) is 6.36. The van der Waals surface area contributed by atoms with Crippen LogP contribution in [0.5, 0.6) is 0 Å². The Morgan fingerprint density at radius 1 is 1.29 bits per heavy atom. The van der Waals surface area contributed by atoms with E-state index in [9.17, 15) is 0 Å². The zero-order chi connectivity index (χ0) is 15.2. The molecule has 1 aliphatic rings. The molecule has 1 aromatic heterocycles. The van der Waals surface area contributed by atoms with Gasteiger partial charge in [0.25, 0.3) is 0 Å². The number of nitrogens with one attached hydrogen (secondary N) is 1. The van der Waals surface area contributed by atoms with Crippen molar-refractivity contribution in [3.8, 4) is 0 Å². The molecule has 0 aromatic carbocycles. The van der Waals surface area contributed by atoms with Gasteiger partial charge in [0.15, 0.2) is 0 Å². The van der Waals surface area contributed by atoms with Gasteiger partial charge in [-0.25, -0.2) is 0 Å². The molecule has 3 nitrogen and oxygen atoms in total. The van der Waals surface area contributed by atoms with Crippen LogP contribution in [0, 0.1) is 13.8 Å². The molecule has 21 heavy (non-hydrogen) atoms. The smallest absolute Gasteiger partial charge is 0.0629 e. The highest BCUT2D eigenvalue weighted by molar-refractivity contribution is 5.28. The summed E-state index contributed by atoms with van der Waals surface area (Å²) in [7, 11) is 2.05. The maximum atomic E-state index is 4.58. The Morgan fingerprint density at radius 3 is 2.76 bits per heavy atom. The van der Waals surface area contributed by atoms with Gasteiger partial charge in [0.1, 0.15) is 0 Å². The molecule has 1 heterocycles. The first-order chi connectivity index (χ1) is 10.1. The summed E-state index contributed by atoms with van der Waals surface area (Å²) in [6.45, 7) is 7.67. The molecule has 0 saturated heterocycles. The largest absolute Gasteiger partial charge is 0.310 e. The SMILES string of the molecule is CCCNC(Cc1c(C)nn(C)c1C)C1=CCCCCC1. The van der Waals surface area contributed by atoms with Crippen LogP contribution in [-0.2, 0) is 13.5 Å². The van der Waals surface area contributed by atoms with Crippen molar-refractivity contribution in [3.63, 3.8) is 0 Å². The molecular weight excluding hydrogens is 258 g/mol. The van der Waals surface area contributed by atoms with Crippen molar-refractivity contribution in [1.82, 2.24) is 15.1 Å². The summed E-state index contributed by atoms with van der Waals surface area (Å²) in [4.78, 5) is 0. The van der Waals surface area contributed by atoms with Crippen LogP contribution >= 0.6 is 0 Å². The topological polar surface area (TPSA) is 29.9 Å². The Balaban J connectivity index is 2.17. The molecule has 1 aliphatic carbocycles. The number of allylic oxidation sites excluding steroid dienone is 1. The fraction of sp³-hybridized carbons (Fsp3) is 0.722. The van der Waals surface area contributed by atoms with Gasteiger partial charge in [0.2, 0.25) is 0 Å². The molecule has 0 radical (unpaired) electrons. The predicted molar refractivity (Wildman–Crippen MR) is 89.6 cm³/mol. The van der Waals surface area contributed by atoms with Gasteiger partial charge >= 0.3 is 0 Å². The van der Waals surface area contributed by atoms with Gasteiger partial charge in [-0.3, -0.25) is 4.68 Å². The highest BCUT2D eigenvalue weighted by Crippen LogP contribution is 2.24. The highest BCUT2D eigenvalue weighted by Gasteiger charge is 2.19. The van der Waals surface area contributed by atoms with Crippen LogP contribution in [0.2, 0.25) is 0 Å². The van der Waals surface area contributed by atoms with Crippen LogP contribution in [0.25, 0.3) is 0 Å². The summed E-state index contributed by atoms with van der Waals surface area (Å²) < 4.78 is 2.02. The molecule has 0 saturated carbocycles. The van der Waals surface area contributed by atoms with E-state index in [-0.39, 0.29) is 0 Å². The molecule has 1 unspecified atom stereocenters. The summed E-state index contributed by atoms with van der Waals surface area (Å²) in [5.41, 5.74) is 5.55. The number of hydrogen-bond donors (Lipinski definition) is 1. The van der Waals surface area contributed by atoms with Crippen molar-refractivity contribution in [1.29, 1.82) is 0 Å². The average molecular weight is 289 g/mol. The molecule has 3 heteroatoms. The third kappa shape index (κ3) is 4.19. The van der Waals surface area contributed by atoms with Crippen molar-refractivity contribution in [2.24, 2.45) is 7.05 Å². The van der Waals surface area contributed by atoms with E-state index >= 15 is 0 Å². The lowest BCUT2D eigenvalue weighted by Gasteiger charge is -2.22. The minimum Gasteiger partial charge on any atom is -0.310 e. The fourth-order valence-electron chi connectivity index (χ4n) is 3.33. The van der Waals surface area contributed by atoms with Crippen LogP contribution < -0.4 is 5.32 Å². The Hall–Kier alpha value is -1.09. The van der Waals surface area contributed by atoms with Crippen LogP contribution in [0.3, 0.4) is 0 Å². The van der Waals surface area contributed by atoms with E-state index in [1.165, 1.54) is 55.5 Å². The third-order valence-electron chi connectivity index (χ3n) is 4.73. The van der Waals surface area contributed by atoms with Crippen LogP contribution in [-0.4, -0.2) is 22.4 Å². The average Bonchev–Trinajstić information content (AvgIpc) is 2.69. The molecule has 2 rings (SSSR count). The molecule has 0 amide bonds. The van der Waals surface area contributed by atoms with Gasteiger partial charge in [-0.1, -0.05) is 25.0 Å². The van der Waals surface area contributed by atoms with E-state index in [1.807, 2.05) is 11.7 Å². The van der Waals surface area contributed by atoms with E-state index < -0.39 is 0 Å². The zero-order valence-corrected chi connectivity index (χ0v) is 14.2. The number of aryl methyl sites for hydroxylation is 2. The third-order valence-corrected chi connectivity index (χ3v) is 4.73. The summed E-state index contributed by atoms with van der Waals surface area (Å²) in [6, 6.07) is 0.490. The fourth-order valence-corrected chi connectivity index (χ4v) is 3.33. The lowest BCUT2D eigenvalue weighted by molar-refractivity contribution is 0.541. The first-order valence-electron chi connectivity index (χ1n) is 8.54. The molecule has 0 spiro atoms. The van der Waals surface area contributed by atoms with Gasteiger partial charge in [0, 0.05) is 18.8 Å². The van der Waals surface area contributed by atoms with Gasteiger partial charge in [0.05, 0.1) is 5.69 Å². The van der Waals surface area contributed by atoms with Crippen molar-refractivity contribution in [2.75, 3.05) is 6.54 Å². The molecule has 1 N–H and O–H groups in total.